The van der Waals surface area contributed by atoms with Crippen LogP contribution in [0, 0.1) is 11.3 Å². The van der Waals surface area contributed by atoms with E-state index in [4.69, 9.17) is 2.74 Å². The van der Waals surface area contributed by atoms with Crippen LogP contribution in [0.2, 0.25) is 0 Å². The summed E-state index contributed by atoms with van der Waals surface area (Å²) < 4.78 is 83.0. The standard InChI is InChI=1S/C103H98BN5/c1-98(2,3)71-42-37-66(38-43-71)82-59-76(103(16,17)18)58-81(65-31-23-20-24-32-65)97(82)109-93-54-68(70-51-74(101(10,11)12)55-75(52-70)102(13,14)15)41-48-86(93)104-85-47-40-67(64-29-21-19-22-30-64)53-92(85)106(77-46-39-69(63-105)91(60-77)108-87-35-27-25-33-79(87)80-34-26-28-36-88(80)108)94-61-78(62-95(109)96(94)104)107-89-49-44-72(99(4,5)6)56-83(89)84-57-73(100(7,8)9)45-50-90(84)107/h19-62H,1-18H3/i19D,21D,22D,29D,37D,38D,42D,43D. The zero-order valence-electron chi connectivity index (χ0n) is 74.1. The molecule has 538 valence electrons. The first-order chi connectivity index (χ1) is 55.1. The highest BCUT2D eigenvalue weighted by atomic mass is 15.2. The van der Waals surface area contributed by atoms with Crippen LogP contribution in [-0.4, -0.2) is 15.8 Å². The first kappa shape index (κ1) is 61.6. The lowest BCUT2D eigenvalue weighted by Gasteiger charge is -2.45. The number of aromatic nitrogens is 2. The SMILES string of the molecule is [2H]c1cc(-c2ccc3c(c2)N(c2ccc(C#N)c(-n4c5ccccc5c5ccccc54)c2)c2cc(-n4c5ccc(C(C)(C)C)cc5c5cc(C(C)(C)C)ccc54)cc4c2B3c2ccc(-c3cc(C(C)(C)C)cc(C(C)(C)C)c3)cc2N4c2c(-c3ccccc3)cc(C(C)(C)C)cc2-c2c([2H])c([2H])c(C(C)(C)C)c([2H])c2[2H])c([2H])c([2H])c1[2H]. The van der Waals surface area contributed by atoms with Crippen LogP contribution >= 0.6 is 0 Å². The fourth-order valence-corrected chi connectivity index (χ4v) is 16.6. The highest BCUT2D eigenvalue weighted by Crippen LogP contribution is 2.54. The molecule has 2 aliphatic heterocycles. The minimum Gasteiger partial charge on any atom is -0.311 e. The molecule has 0 saturated carbocycles. The van der Waals surface area contributed by atoms with Gasteiger partial charge in [0.15, 0.2) is 0 Å². The Bertz CT molecular complexity index is 6590. The monoisotopic (exact) mass is 1420 g/mol. The number of rotatable bonds is 8. The van der Waals surface area contributed by atoms with Gasteiger partial charge < -0.3 is 18.9 Å². The molecule has 0 bridgehead atoms. The van der Waals surface area contributed by atoms with E-state index in [0.29, 0.717) is 44.9 Å². The van der Waals surface area contributed by atoms with Gasteiger partial charge in [-0.15, -0.1) is 0 Å². The lowest BCUT2D eigenvalue weighted by Crippen LogP contribution is -2.61. The number of hydrogen-bond donors (Lipinski definition) is 0. The van der Waals surface area contributed by atoms with Crippen molar-refractivity contribution in [2.45, 2.75) is 157 Å². The molecule has 0 N–H and O–H groups in total. The van der Waals surface area contributed by atoms with E-state index < -0.39 is 17.5 Å². The molecule has 0 unspecified atom stereocenters. The molecule has 17 rings (SSSR count). The van der Waals surface area contributed by atoms with Crippen molar-refractivity contribution in [2.24, 2.45) is 0 Å². The van der Waals surface area contributed by atoms with Crippen LogP contribution in [-0.2, 0) is 32.5 Å². The third-order valence-corrected chi connectivity index (χ3v) is 22.8. The van der Waals surface area contributed by atoms with Gasteiger partial charge in [0.2, 0.25) is 0 Å². The average molecular weight is 1420 g/mol. The van der Waals surface area contributed by atoms with Crippen LogP contribution in [0.25, 0.3) is 99.5 Å². The van der Waals surface area contributed by atoms with Crippen molar-refractivity contribution in [2.75, 3.05) is 9.80 Å². The van der Waals surface area contributed by atoms with Crippen LogP contribution in [0.3, 0.4) is 0 Å². The number of nitrogens with zero attached hydrogens (tertiary/aromatic N) is 5. The molecule has 2 aromatic heterocycles. The van der Waals surface area contributed by atoms with E-state index in [1.54, 1.807) is 6.07 Å². The molecule has 0 amide bonds. The van der Waals surface area contributed by atoms with E-state index in [0.717, 1.165) is 116 Å². The van der Waals surface area contributed by atoms with E-state index >= 15 is 0 Å². The maximum atomic E-state index is 11.6. The van der Waals surface area contributed by atoms with Crippen LogP contribution in [0.15, 0.2) is 267 Å². The molecule has 0 radical (unpaired) electrons. The lowest BCUT2D eigenvalue weighted by molar-refractivity contribution is 0.569. The number of fused-ring (bicyclic) bond motifs is 10. The molecule has 4 heterocycles. The molecule has 15 aromatic rings. The van der Waals surface area contributed by atoms with Crippen molar-refractivity contribution in [1.82, 2.24) is 9.13 Å². The topological polar surface area (TPSA) is 40.1 Å². The van der Waals surface area contributed by atoms with Gasteiger partial charge in [-0.05, 0) is 207 Å². The second-order valence-corrected chi connectivity index (χ2v) is 36.4. The van der Waals surface area contributed by atoms with Crippen molar-refractivity contribution >= 4 is 101 Å². The predicted molar refractivity (Wildman–Crippen MR) is 468 cm³/mol. The van der Waals surface area contributed by atoms with Crippen molar-refractivity contribution < 1.29 is 11.0 Å². The highest BCUT2D eigenvalue weighted by molar-refractivity contribution is 7.00. The van der Waals surface area contributed by atoms with Gasteiger partial charge in [-0.3, -0.25) is 0 Å². The molecule has 5 nitrogen and oxygen atoms in total. The molecular weight excluding hydrogens is 1320 g/mol. The summed E-state index contributed by atoms with van der Waals surface area (Å²) in [7, 11) is 0. The molecule has 13 aromatic carbocycles. The second kappa shape index (κ2) is 25.4. The van der Waals surface area contributed by atoms with Gasteiger partial charge in [0.1, 0.15) is 6.07 Å². The quantitative estimate of drug-likeness (QED) is 0.142. The first-order valence-electron chi connectivity index (χ1n) is 42.4. The lowest BCUT2D eigenvalue weighted by atomic mass is 9.33. The first-order valence-corrected chi connectivity index (χ1v) is 38.4. The Labute approximate surface area is 657 Å². The molecule has 0 spiro atoms. The van der Waals surface area contributed by atoms with Crippen molar-refractivity contribution in [1.29, 1.82) is 5.26 Å². The van der Waals surface area contributed by atoms with E-state index in [-0.39, 0.29) is 75.6 Å². The number of benzene rings is 13. The van der Waals surface area contributed by atoms with Crippen molar-refractivity contribution in [3.8, 4) is 62.0 Å². The number of nitriles is 1. The van der Waals surface area contributed by atoms with Crippen LogP contribution in [0.4, 0.5) is 34.1 Å². The summed E-state index contributed by atoms with van der Waals surface area (Å²) in [5.74, 6) is 0. The number of hydrogen-bond acceptors (Lipinski definition) is 3. The normalized spacial score (nSPS) is 14.4. The Kier molecular flexibility index (Phi) is 14.3. The van der Waals surface area contributed by atoms with E-state index in [2.05, 4.69) is 293 Å². The average Bonchev–Trinajstić information content (AvgIpc) is 0.979. The van der Waals surface area contributed by atoms with Crippen LogP contribution in [0.1, 0.15) is 175 Å². The maximum Gasteiger partial charge on any atom is 0.252 e. The van der Waals surface area contributed by atoms with Crippen LogP contribution < -0.4 is 26.2 Å². The third-order valence-electron chi connectivity index (χ3n) is 22.8. The zero-order chi connectivity index (χ0) is 83.3. The van der Waals surface area contributed by atoms with Gasteiger partial charge in [-0.1, -0.05) is 300 Å². The van der Waals surface area contributed by atoms with Gasteiger partial charge >= 0.3 is 0 Å². The Morgan fingerprint density at radius 2 is 0.780 bits per heavy atom. The fraction of sp³-hybridized carbons (Fsp3) is 0.233. The summed E-state index contributed by atoms with van der Waals surface area (Å²) in [6, 6.07) is 78.9. The van der Waals surface area contributed by atoms with Gasteiger partial charge in [0.05, 0.1) is 55.7 Å². The van der Waals surface area contributed by atoms with Crippen molar-refractivity contribution in [3.05, 3.63) is 306 Å². The minimum absolute atomic E-state index is 0.1000. The Morgan fingerprint density at radius 3 is 1.32 bits per heavy atom. The van der Waals surface area contributed by atoms with E-state index in [1.165, 1.54) is 22.3 Å². The summed E-state index contributed by atoms with van der Waals surface area (Å²) in [6.45, 7) is 39.0. The summed E-state index contributed by atoms with van der Waals surface area (Å²) >= 11 is 0. The van der Waals surface area contributed by atoms with Gasteiger partial charge in [0.25, 0.3) is 6.71 Å². The zero-order valence-corrected chi connectivity index (χ0v) is 66.1. The maximum absolute atomic E-state index is 11.6. The summed E-state index contributed by atoms with van der Waals surface area (Å²) in [6.07, 6.45) is 0. The smallest absolute Gasteiger partial charge is 0.252 e. The van der Waals surface area contributed by atoms with E-state index in [1.807, 2.05) is 69.3 Å². The molecule has 0 fully saturated rings. The largest absolute Gasteiger partial charge is 0.311 e. The molecular formula is C103H98BN5. The summed E-state index contributed by atoms with van der Waals surface area (Å²) in [4.78, 5) is 4.72. The summed E-state index contributed by atoms with van der Waals surface area (Å²) in [5, 5.41) is 15.8. The molecule has 0 atom stereocenters. The Hall–Kier alpha value is -11.4. The summed E-state index contributed by atoms with van der Waals surface area (Å²) in [5.41, 5.74) is 22.0. The predicted octanol–water partition coefficient (Wildman–Crippen LogP) is 26.3. The van der Waals surface area contributed by atoms with Gasteiger partial charge in [-0.25, -0.2) is 0 Å². The number of anilines is 6. The Balaban J connectivity index is 1.11. The third kappa shape index (κ3) is 12.1. The van der Waals surface area contributed by atoms with Gasteiger partial charge in [0, 0.05) is 61.1 Å². The minimum atomic E-state index is -0.764. The molecule has 109 heavy (non-hydrogen) atoms. The highest BCUT2D eigenvalue weighted by Gasteiger charge is 2.46. The molecule has 0 aliphatic carbocycles. The number of para-hydroxylation sites is 2. The molecule has 6 heteroatoms. The fourth-order valence-electron chi connectivity index (χ4n) is 16.6. The second-order valence-electron chi connectivity index (χ2n) is 36.4. The van der Waals surface area contributed by atoms with Crippen molar-refractivity contribution in [3.63, 3.8) is 0 Å². The molecule has 2 aliphatic rings. The Morgan fingerprint density at radius 1 is 0.303 bits per heavy atom. The van der Waals surface area contributed by atoms with E-state index in [9.17, 15) is 13.5 Å². The van der Waals surface area contributed by atoms with Gasteiger partial charge in [-0.2, -0.15) is 5.26 Å². The molecule has 0 saturated heterocycles. The van der Waals surface area contributed by atoms with Crippen LogP contribution in [0.5, 0.6) is 0 Å².